The number of hydrogen-bond acceptors (Lipinski definition) is 2. The maximum absolute atomic E-state index is 13.9. The van der Waals surface area contributed by atoms with E-state index in [9.17, 15) is 13.2 Å². The van der Waals surface area contributed by atoms with Gasteiger partial charge in [-0.25, -0.2) is 17.9 Å². The molecule has 0 aliphatic carbocycles. The van der Waals surface area contributed by atoms with Gasteiger partial charge >= 0.3 is 0 Å². The Balaban J connectivity index is 2.27. The number of nitrogens with zero attached hydrogens (tertiary/aromatic N) is 2. The van der Waals surface area contributed by atoms with Crippen LogP contribution >= 0.6 is 11.6 Å². The van der Waals surface area contributed by atoms with E-state index in [0.717, 1.165) is 16.8 Å². The van der Waals surface area contributed by atoms with Crippen LogP contribution in [0.5, 0.6) is 0 Å². The van der Waals surface area contributed by atoms with Gasteiger partial charge in [0.2, 0.25) is 0 Å². The molecule has 3 nitrogen and oxygen atoms in total. The lowest BCUT2D eigenvalue weighted by molar-refractivity contribution is 0.589. The SMILES string of the molecule is Nc1nn(-c2ccccc2F)c(Cl)c1-c1c(F)cccc1F. The molecule has 2 aromatic carbocycles. The second-order valence-electron chi connectivity index (χ2n) is 4.51. The highest BCUT2D eigenvalue weighted by Crippen LogP contribution is 2.37. The Kier molecular flexibility index (Phi) is 3.54. The zero-order valence-electron chi connectivity index (χ0n) is 11.0. The first-order valence-electron chi connectivity index (χ1n) is 6.24. The predicted molar refractivity (Wildman–Crippen MR) is 78.3 cm³/mol. The number of aromatic nitrogens is 2. The van der Waals surface area contributed by atoms with Gasteiger partial charge in [0.15, 0.2) is 5.82 Å². The summed E-state index contributed by atoms with van der Waals surface area (Å²) in [6.45, 7) is 0. The highest BCUT2D eigenvalue weighted by Gasteiger charge is 2.23. The van der Waals surface area contributed by atoms with Gasteiger partial charge in [0.05, 0.1) is 11.1 Å². The van der Waals surface area contributed by atoms with Gasteiger partial charge in [-0.1, -0.05) is 29.8 Å². The fourth-order valence-electron chi connectivity index (χ4n) is 2.16. The van der Waals surface area contributed by atoms with Gasteiger partial charge in [-0.15, -0.1) is 5.10 Å². The zero-order valence-corrected chi connectivity index (χ0v) is 11.8. The molecule has 22 heavy (non-hydrogen) atoms. The van der Waals surface area contributed by atoms with Crippen molar-refractivity contribution in [3.05, 3.63) is 65.1 Å². The molecule has 0 unspecified atom stereocenters. The van der Waals surface area contributed by atoms with Crippen LogP contribution in [0.2, 0.25) is 5.15 Å². The Morgan fingerprint density at radius 2 is 1.45 bits per heavy atom. The zero-order chi connectivity index (χ0) is 15.9. The molecule has 2 N–H and O–H groups in total. The third-order valence-corrected chi connectivity index (χ3v) is 3.50. The van der Waals surface area contributed by atoms with Crippen molar-refractivity contribution in [1.29, 1.82) is 0 Å². The van der Waals surface area contributed by atoms with E-state index in [1.54, 1.807) is 6.07 Å². The van der Waals surface area contributed by atoms with Gasteiger partial charge < -0.3 is 5.73 Å². The molecule has 0 bridgehead atoms. The Morgan fingerprint density at radius 3 is 2.09 bits per heavy atom. The van der Waals surface area contributed by atoms with Gasteiger partial charge in [0, 0.05) is 0 Å². The molecule has 0 radical (unpaired) electrons. The summed E-state index contributed by atoms with van der Waals surface area (Å²) in [7, 11) is 0. The number of benzene rings is 2. The van der Waals surface area contributed by atoms with E-state index in [1.165, 1.54) is 24.3 Å². The summed E-state index contributed by atoms with van der Waals surface area (Å²) in [5.41, 5.74) is 5.25. The first-order valence-corrected chi connectivity index (χ1v) is 6.61. The summed E-state index contributed by atoms with van der Waals surface area (Å²) >= 11 is 6.14. The topological polar surface area (TPSA) is 43.8 Å². The molecule has 0 amide bonds. The molecule has 0 atom stereocenters. The quantitative estimate of drug-likeness (QED) is 0.768. The molecule has 112 valence electrons. The number of nitrogens with two attached hydrogens (primary N) is 1. The molecule has 0 fully saturated rings. The number of anilines is 1. The highest BCUT2D eigenvalue weighted by atomic mass is 35.5. The summed E-state index contributed by atoms with van der Waals surface area (Å²) in [6, 6.07) is 9.10. The van der Waals surface area contributed by atoms with Crippen LogP contribution in [0, 0.1) is 17.5 Å². The van der Waals surface area contributed by atoms with Crippen molar-refractivity contribution < 1.29 is 13.2 Å². The Morgan fingerprint density at radius 1 is 0.864 bits per heavy atom. The minimum atomic E-state index is -0.832. The molecule has 0 spiro atoms. The van der Waals surface area contributed by atoms with Crippen molar-refractivity contribution in [1.82, 2.24) is 9.78 Å². The summed E-state index contributed by atoms with van der Waals surface area (Å²) in [4.78, 5) is 0. The van der Waals surface area contributed by atoms with Crippen LogP contribution < -0.4 is 5.73 Å². The average Bonchev–Trinajstić information content (AvgIpc) is 2.76. The summed E-state index contributed by atoms with van der Waals surface area (Å²) < 4.78 is 42.7. The van der Waals surface area contributed by atoms with Crippen LogP contribution in [0.4, 0.5) is 19.0 Å². The smallest absolute Gasteiger partial charge is 0.155 e. The number of nitrogen functional groups attached to an aromatic ring is 1. The van der Waals surface area contributed by atoms with Gasteiger partial charge in [-0.3, -0.25) is 0 Å². The van der Waals surface area contributed by atoms with Crippen molar-refractivity contribution in [3.63, 3.8) is 0 Å². The molecule has 3 rings (SSSR count). The van der Waals surface area contributed by atoms with Crippen molar-refractivity contribution >= 4 is 17.4 Å². The average molecular weight is 324 g/mol. The highest BCUT2D eigenvalue weighted by molar-refractivity contribution is 6.33. The lowest BCUT2D eigenvalue weighted by Gasteiger charge is -2.06. The first kappa shape index (κ1) is 14.5. The lowest BCUT2D eigenvalue weighted by atomic mass is 10.1. The Bertz CT molecular complexity index is 841. The van der Waals surface area contributed by atoms with E-state index >= 15 is 0 Å². The van der Waals surface area contributed by atoms with Crippen LogP contribution in [-0.4, -0.2) is 9.78 Å². The molecule has 0 aliphatic rings. The third-order valence-electron chi connectivity index (χ3n) is 3.15. The Labute approximate surface area is 128 Å². The van der Waals surface area contributed by atoms with E-state index in [4.69, 9.17) is 17.3 Å². The predicted octanol–water partition coefficient (Wildman–Crippen LogP) is 4.19. The maximum Gasteiger partial charge on any atom is 0.155 e. The first-order chi connectivity index (χ1) is 10.5. The van der Waals surface area contributed by atoms with Crippen LogP contribution in [-0.2, 0) is 0 Å². The summed E-state index contributed by atoms with van der Waals surface area (Å²) in [5.74, 6) is -2.45. The summed E-state index contributed by atoms with van der Waals surface area (Å²) in [5, 5.41) is 3.71. The van der Waals surface area contributed by atoms with E-state index in [1.807, 2.05) is 0 Å². The molecule has 7 heteroatoms. The van der Waals surface area contributed by atoms with Crippen LogP contribution in [0.15, 0.2) is 42.5 Å². The van der Waals surface area contributed by atoms with Crippen LogP contribution in [0.25, 0.3) is 16.8 Å². The molecule has 0 aliphatic heterocycles. The second-order valence-corrected chi connectivity index (χ2v) is 4.87. The normalized spacial score (nSPS) is 10.9. The van der Waals surface area contributed by atoms with Gasteiger partial charge in [0.1, 0.15) is 28.3 Å². The fraction of sp³-hybridized carbons (Fsp3) is 0. The molecule has 1 heterocycles. The molecular weight excluding hydrogens is 315 g/mol. The molecule has 3 aromatic rings. The number of para-hydroxylation sites is 1. The van der Waals surface area contributed by atoms with Gasteiger partial charge in [-0.05, 0) is 24.3 Å². The molecular formula is C15H9ClF3N3. The Hall–Kier alpha value is -2.47. The third kappa shape index (κ3) is 2.21. The summed E-state index contributed by atoms with van der Waals surface area (Å²) in [6.07, 6.45) is 0. The maximum atomic E-state index is 13.9. The lowest BCUT2D eigenvalue weighted by Crippen LogP contribution is -2.00. The van der Waals surface area contributed by atoms with Crippen molar-refractivity contribution in [2.75, 3.05) is 5.73 Å². The number of hydrogen-bond donors (Lipinski definition) is 1. The van der Waals surface area contributed by atoms with Crippen molar-refractivity contribution in [2.24, 2.45) is 0 Å². The monoisotopic (exact) mass is 323 g/mol. The second kappa shape index (κ2) is 5.38. The van der Waals surface area contributed by atoms with Gasteiger partial charge in [-0.2, -0.15) is 0 Å². The van der Waals surface area contributed by atoms with Crippen LogP contribution in [0.3, 0.4) is 0 Å². The van der Waals surface area contributed by atoms with Crippen molar-refractivity contribution in [3.8, 4) is 16.8 Å². The van der Waals surface area contributed by atoms with Crippen LogP contribution in [0.1, 0.15) is 0 Å². The van der Waals surface area contributed by atoms with E-state index in [-0.39, 0.29) is 22.2 Å². The van der Waals surface area contributed by atoms with E-state index in [0.29, 0.717) is 0 Å². The van der Waals surface area contributed by atoms with Crippen molar-refractivity contribution in [2.45, 2.75) is 0 Å². The molecule has 0 saturated heterocycles. The largest absolute Gasteiger partial charge is 0.382 e. The van der Waals surface area contributed by atoms with Gasteiger partial charge in [0.25, 0.3) is 0 Å². The fourth-order valence-corrected chi connectivity index (χ4v) is 2.48. The number of halogens is 4. The van der Waals surface area contributed by atoms with E-state index in [2.05, 4.69) is 5.10 Å². The minimum absolute atomic E-state index is 0.0298. The standard InChI is InChI=1S/C15H9ClF3N3/c16-14-13(12-9(18)5-3-6-10(12)19)15(20)21-22(14)11-7-2-1-4-8(11)17/h1-7H,(H2,20,21). The molecule has 0 saturated carbocycles. The number of rotatable bonds is 2. The minimum Gasteiger partial charge on any atom is -0.382 e. The van der Waals surface area contributed by atoms with E-state index < -0.39 is 23.0 Å². The molecule has 1 aromatic heterocycles.